The molecule has 3 heterocycles. The summed E-state index contributed by atoms with van der Waals surface area (Å²) in [5, 5.41) is 7.52. The highest BCUT2D eigenvalue weighted by Gasteiger charge is 2.28. The third-order valence-corrected chi connectivity index (χ3v) is 5.65. The highest BCUT2D eigenvalue weighted by atomic mass is 32.2. The van der Waals surface area contributed by atoms with Gasteiger partial charge in [-0.1, -0.05) is 17.3 Å². The van der Waals surface area contributed by atoms with E-state index in [4.69, 9.17) is 9.26 Å². The Balaban J connectivity index is 1.51. The van der Waals surface area contributed by atoms with E-state index in [1.165, 1.54) is 4.90 Å². The van der Waals surface area contributed by atoms with Crippen molar-refractivity contribution >= 4 is 23.5 Å². The smallest absolute Gasteiger partial charge is 0.244 e. The van der Waals surface area contributed by atoms with Gasteiger partial charge in [-0.05, 0) is 12.1 Å². The minimum absolute atomic E-state index is 0.140. The molecule has 0 aliphatic carbocycles. The molecular formula is C14H15N3O2S2. The summed E-state index contributed by atoms with van der Waals surface area (Å²) in [6.07, 6.45) is -0.140. The molecule has 21 heavy (non-hydrogen) atoms. The summed E-state index contributed by atoms with van der Waals surface area (Å²) in [7, 11) is 0. The van der Waals surface area contributed by atoms with E-state index in [1.54, 1.807) is 11.8 Å². The highest BCUT2D eigenvalue weighted by molar-refractivity contribution is 7.99. The third kappa shape index (κ3) is 2.77. The minimum Gasteiger partial charge on any atom is -0.480 e. The van der Waals surface area contributed by atoms with E-state index in [-0.39, 0.29) is 12.1 Å². The zero-order valence-electron chi connectivity index (χ0n) is 11.3. The van der Waals surface area contributed by atoms with Gasteiger partial charge < -0.3 is 14.6 Å². The van der Waals surface area contributed by atoms with Crippen molar-refractivity contribution in [3.8, 4) is 5.75 Å². The molecule has 0 bridgehead atoms. The maximum atomic E-state index is 5.99. The first kappa shape index (κ1) is 13.5. The Morgan fingerprint density at radius 2 is 2.19 bits per heavy atom. The Hall–Kier alpha value is -1.18. The van der Waals surface area contributed by atoms with Crippen LogP contribution in [0.1, 0.15) is 23.9 Å². The maximum absolute atomic E-state index is 5.99. The van der Waals surface area contributed by atoms with Crippen LogP contribution >= 0.6 is 23.5 Å². The molecule has 2 aromatic rings. The number of rotatable bonds is 2. The number of thioether (sulfide) groups is 2. The fraction of sp³-hybridized carbons (Fsp3) is 0.429. The zero-order chi connectivity index (χ0) is 14.1. The van der Waals surface area contributed by atoms with Crippen LogP contribution in [0, 0.1) is 0 Å². The fourth-order valence-corrected chi connectivity index (χ4v) is 4.30. The van der Waals surface area contributed by atoms with Crippen LogP contribution in [0.4, 0.5) is 0 Å². The largest absolute Gasteiger partial charge is 0.480 e. The monoisotopic (exact) mass is 321 g/mol. The molecule has 2 aliphatic rings. The molecule has 0 saturated carbocycles. The van der Waals surface area contributed by atoms with Crippen LogP contribution in [0.5, 0.6) is 5.75 Å². The molecule has 110 valence electrons. The molecule has 0 spiro atoms. The van der Waals surface area contributed by atoms with Crippen LogP contribution < -0.4 is 10.1 Å². The summed E-state index contributed by atoms with van der Waals surface area (Å²) < 4.78 is 11.4. The van der Waals surface area contributed by atoms with Gasteiger partial charge in [-0.25, -0.2) is 0 Å². The molecule has 4 rings (SSSR count). The van der Waals surface area contributed by atoms with Crippen molar-refractivity contribution in [3.63, 3.8) is 0 Å². The Morgan fingerprint density at radius 3 is 3.10 bits per heavy atom. The average Bonchev–Trinajstić information content (AvgIpc) is 3.05. The number of hydrogen-bond donors (Lipinski definition) is 1. The van der Waals surface area contributed by atoms with E-state index in [2.05, 4.69) is 21.5 Å². The first-order valence-electron chi connectivity index (χ1n) is 6.93. The first-order chi connectivity index (χ1) is 10.4. The predicted molar refractivity (Wildman–Crippen MR) is 82.9 cm³/mol. The predicted octanol–water partition coefficient (Wildman–Crippen LogP) is 2.67. The van der Waals surface area contributed by atoms with Crippen LogP contribution in [-0.4, -0.2) is 33.9 Å². The molecule has 0 amide bonds. The topological polar surface area (TPSA) is 60.2 Å². The Bertz CT molecular complexity index is 628. The minimum atomic E-state index is -0.140. The number of ether oxygens (including phenoxy) is 1. The molecule has 2 unspecified atom stereocenters. The van der Waals surface area contributed by atoms with Crippen molar-refractivity contribution < 1.29 is 9.26 Å². The molecule has 1 aromatic carbocycles. The summed E-state index contributed by atoms with van der Waals surface area (Å²) in [6.45, 7) is 0.982. The van der Waals surface area contributed by atoms with Gasteiger partial charge in [-0.2, -0.15) is 16.7 Å². The lowest BCUT2D eigenvalue weighted by Crippen LogP contribution is -2.30. The van der Waals surface area contributed by atoms with Crippen molar-refractivity contribution in [3.05, 3.63) is 36.0 Å². The number of nitrogens with zero attached hydrogens (tertiary/aromatic N) is 2. The van der Waals surface area contributed by atoms with Gasteiger partial charge in [0.05, 0.1) is 6.04 Å². The van der Waals surface area contributed by atoms with E-state index in [0.717, 1.165) is 29.6 Å². The van der Waals surface area contributed by atoms with Crippen molar-refractivity contribution in [1.29, 1.82) is 0 Å². The number of fused-ring (bicyclic) bond motifs is 1. The lowest BCUT2D eigenvalue weighted by Gasteiger charge is -2.23. The summed E-state index contributed by atoms with van der Waals surface area (Å²) >= 11 is 3.68. The van der Waals surface area contributed by atoms with Gasteiger partial charge in [-0.3, -0.25) is 0 Å². The number of nitrogens with one attached hydrogen (secondary N) is 1. The normalized spacial score (nSPS) is 25.1. The molecule has 1 N–H and O–H groups in total. The number of aromatic nitrogens is 2. The number of hydrogen-bond acceptors (Lipinski definition) is 7. The van der Waals surface area contributed by atoms with Gasteiger partial charge in [0.25, 0.3) is 0 Å². The van der Waals surface area contributed by atoms with Gasteiger partial charge in [0.15, 0.2) is 6.10 Å². The SMILES string of the molecule is c1ccc2c(c1)OC(c1noc(C3CSCCN3)n1)CS2. The van der Waals surface area contributed by atoms with E-state index >= 15 is 0 Å². The van der Waals surface area contributed by atoms with Crippen LogP contribution in [0.15, 0.2) is 33.7 Å². The molecule has 1 saturated heterocycles. The molecule has 7 heteroatoms. The first-order valence-corrected chi connectivity index (χ1v) is 9.07. The summed E-state index contributed by atoms with van der Waals surface area (Å²) in [5.74, 6) is 5.13. The van der Waals surface area contributed by atoms with Gasteiger partial charge in [0, 0.05) is 28.7 Å². The second kappa shape index (κ2) is 5.90. The van der Waals surface area contributed by atoms with E-state index in [1.807, 2.05) is 30.0 Å². The lowest BCUT2D eigenvalue weighted by molar-refractivity contribution is 0.205. The Morgan fingerprint density at radius 1 is 1.24 bits per heavy atom. The molecular weight excluding hydrogens is 306 g/mol. The fourth-order valence-electron chi connectivity index (χ4n) is 2.39. The van der Waals surface area contributed by atoms with Gasteiger partial charge in [-0.15, -0.1) is 11.8 Å². The molecule has 0 radical (unpaired) electrons. The van der Waals surface area contributed by atoms with Crippen molar-refractivity contribution in [2.75, 3.05) is 23.8 Å². The standard InChI is InChI=1S/C14H15N3O2S2/c1-2-4-12-10(3-1)18-11(8-21-12)13-16-14(19-17-13)9-7-20-6-5-15-9/h1-4,9,11,15H,5-8H2. The second-order valence-corrected chi connectivity index (χ2v) is 7.15. The molecule has 1 aromatic heterocycles. The summed E-state index contributed by atoms with van der Waals surface area (Å²) in [5.41, 5.74) is 0. The average molecular weight is 321 g/mol. The molecule has 1 fully saturated rings. The zero-order valence-corrected chi connectivity index (χ0v) is 13.0. The Labute approximate surface area is 131 Å². The van der Waals surface area contributed by atoms with Crippen molar-refractivity contribution in [1.82, 2.24) is 15.5 Å². The molecule has 2 atom stereocenters. The summed E-state index contributed by atoms with van der Waals surface area (Å²) in [4.78, 5) is 5.71. The van der Waals surface area contributed by atoms with E-state index < -0.39 is 0 Å². The number of para-hydroxylation sites is 1. The highest BCUT2D eigenvalue weighted by Crippen LogP contribution is 2.39. The van der Waals surface area contributed by atoms with Crippen LogP contribution in [0.3, 0.4) is 0 Å². The van der Waals surface area contributed by atoms with Crippen LogP contribution in [-0.2, 0) is 0 Å². The molecule has 2 aliphatic heterocycles. The van der Waals surface area contributed by atoms with E-state index in [0.29, 0.717) is 11.7 Å². The van der Waals surface area contributed by atoms with Crippen LogP contribution in [0.2, 0.25) is 0 Å². The van der Waals surface area contributed by atoms with Gasteiger partial charge in [0.2, 0.25) is 11.7 Å². The van der Waals surface area contributed by atoms with Crippen molar-refractivity contribution in [2.24, 2.45) is 0 Å². The maximum Gasteiger partial charge on any atom is 0.244 e. The Kier molecular flexibility index (Phi) is 3.79. The van der Waals surface area contributed by atoms with E-state index in [9.17, 15) is 0 Å². The number of benzene rings is 1. The summed E-state index contributed by atoms with van der Waals surface area (Å²) in [6, 6.07) is 8.21. The van der Waals surface area contributed by atoms with Gasteiger partial charge in [0.1, 0.15) is 5.75 Å². The van der Waals surface area contributed by atoms with Crippen LogP contribution in [0.25, 0.3) is 0 Å². The molecule has 5 nitrogen and oxygen atoms in total. The third-order valence-electron chi connectivity index (χ3n) is 3.47. The van der Waals surface area contributed by atoms with Crippen molar-refractivity contribution in [2.45, 2.75) is 17.0 Å². The van der Waals surface area contributed by atoms with Gasteiger partial charge >= 0.3 is 0 Å². The second-order valence-electron chi connectivity index (χ2n) is 4.94. The lowest BCUT2D eigenvalue weighted by atomic mass is 10.3. The quantitative estimate of drug-likeness (QED) is 0.912.